The highest BCUT2D eigenvalue weighted by atomic mass is 16.3. The van der Waals surface area contributed by atoms with Crippen LogP contribution in [0.5, 0.6) is 0 Å². The molecule has 0 aliphatic carbocycles. The molecule has 3 nitrogen and oxygen atoms in total. The summed E-state index contributed by atoms with van der Waals surface area (Å²) in [5, 5.41) is 2.38. The molecule has 1 aliphatic heterocycles. The molecule has 2 aromatic rings. The lowest BCUT2D eigenvalue weighted by Crippen LogP contribution is -2.24. The Labute approximate surface area is 101 Å². The van der Waals surface area contributed by atoms with Crippen molar-refractivity contribution < 1.29 is 4.42 Å². The number of aliphatic imine (C=N–C) groups is 1. The maximum absolute atomic E-state index is 5.72. The van der Waals surface area contributed by atoms with Gasteiger partial charge in [-0.1, -0.05) is 24.3 Å². The zero-order chi connectivity index (χ0) is 11.8. The summed E-state index contributed by atoms with van der Waals surface area (Å²) in [5.74, 6) is 1.36. The van der Waals surface area contributed by atoms with Gasteiger partial charge in [-0.2, -0.15) is 0 Å². The third-order valence-corrected chi connectivity index (χ3v) is 3.37. The molecule has 1 aromatic heterocycles. The van der Waals surface area contributed by atoms with Gasteiger partial charge in [-0.3, -0.25) is 9.89 Å². The van der Waals surface area contributed by atoms with Gasteiger partial charge in [0.1, 0.15) is 11.9 Å². The summed E-state index contributed by atoms with van der Waals surface area (Å²) in [5.41, 5.74) is 0. The largest absolute Gasteiger partial charge is 0.467 e. The first-order chi connectivity index (χ1) is 8.25. The standard InChI is InChI=1S/C14H16N2O/c1-16(2)13-7-11(8-15-13)14-12-6-4-3-5-10(12)9-17-14/h3-6,8-9,11,13H,7H2,1-2H3. The lowest BCUT2D eigenvalue weighted by molar-refractivity contribution is 0.293. The Kier molecular flexibility index (Phi) is 2.48. The smallest absolute Gasteiger partial charge is 0.120 e. The van der Waals surface area contributed by atoms with Crippen LogP contribution < -0.4 is 0 Å². The van der Waals surface area contributed by atoms with E-state index in [1.54, 1.807) is 0 Å². The molecule has 0 spiro atoms. The summed E-state index contributed by atoms with van der Waals surface area (Å²) in [4.78, 5) is 6.66. The van der Waals surface area contributed by atoms with E-state index in [1.807, 2.05) is 18.5 Å². The molecular formula is C14H16N2O. The molecule has 2 unspecified atom stereocenters. The summed E-state index contributed by atoms with van der Waals surface area (Å²) in [6.45, 7) is 0. The summed E-state index contributed by atoms with van der Waals surface area (Å²) < 4.78 is 5.72. The number of furan rings is 1. The molecule has 1 aliphatic rings. The van der Waals surface area contributed by atoms with Crippen molar-refractivity contribution in [3.05, 3.63) is 36.3 Å². The Morgan fingerprint density at radius 1 is 1.29 bits per heavy atom. The molecule has 0 bridgehead atoms. The monoisotopic (exact) mass is 228 g/mol. The lowest BCUT2D eigenvalue weighted by Gasteiger charge is -2.16. The van der Waals surface area contributed by atoms with Crippen LogP contribution in [0.4, 0.5) is 0 Å². The van der Waals surface area contributed by atoms with Crippen molar-refractivity contribution in [3.8, 4) is 0 Å². The van der Waals surface area contributed by atoms with Crippen LogP contribution in [-0.2, 0) is 0 Å². The molecule has 0 saturated heterocycles. The Morgan fingerprint density at radius 3 is 2.88 bits per heavy atom. The van der Waals surface area contributed by atoms with Gasteiger partial charge in [-0.05, 0) is 20.5 Å². The molecule has 3 rings (SSSR count). The van der Waals surface area contributed by atoms with Gasteiger partial charge in [0.2, 0.25) is 0 Å². The Bertz CT molecular complexity index is 556. The normalized spacial score (nSPS) is 23.9. The summed E-state index contributed by atoms with van der Waals surface area (Å²) >= 11 is 0. The summed E-state index contributed by atoms with van der Waals surface area (Å²) in [6, 6.07) is 8.28. The SMILES string of the molecule is CN(C)C1CC(c2occ3ccccc23)C=N1. The Balaban J connectivity index is 1.94. The van der Waals surface area contributed by atoms with Crippen LogP contribution in [-0.4, -0.2) is 31.4 Å². The topological polar surface area (TPSA) is 28.7 Å². The third-order valence-electron chi connectivity index (χ3n) is 3.37. The zero-order valence-electron chi connectivity index (χ0n) is 10.1. The fourth-order valence-electron chi connectivity index (χ4n) is 2.37. The molecular weight excluding hydrogens is 212 g/mol. The maximum Gasteiger partial charge on any atom is 0.120 e. The molecule has 0 fully saturated rings. The highest BCUT2D eigenvalue weighted by Crippen LogP contribution is 2.33. The highest BCUT2D eigenvalue weighted by molar-refractivity contribution is 5.87. The second kappa shape index (κ2) is 4.00. The maximum atomic E-state index is 5.72. The van der Waals surface area contributed by atoms with Crippen molar-refractivity contribution in [2.24, 2.45) is 4.99 Å². The minimum Gasteiger partial charge on any atom is -0.467 e. The van der Waals surface area contributed by atoms with Gasteiger partial charge in [0.05, 0.1) is 12.2 Å². The number of fused-ring (bicyclic) bond motifs is 1. The molecule has 1 aromatic carbocycles. The van der Waals surface area contributed by atoms with E-state index >= 15 is 0 Å². The van der Waals surface area contributed by atoms with Crippen molar-refractivity contribution >= 4 is 17.0 Å². The second-order valence-corrected chi connectivity index (χ2v) is 4.77. The average Bonchev–Trinajstić information content (AvgIpc) is 2.95. The van der Waals surface area contributed by atoms with Crippen LogP contribution in [0.3, 0.4) is 0 Å². The minimum absolute atomic E-state index is 0.281. The molecule has 3 heteroatoms. The molecule has 0 radical (unpaired) electrons. The first-order valence-corrected chi connectivity index (χ1v) is 5.91. The van der Waals surface area contributed by atoms with Gasteiger partial charge < -0.3 is 4.42 Å². The Hall–Kier alpha value is -1.61. The first-order valence-electron chi connectivity index (χ1n) is 5.91. The van der Waals surface area contributed by atoms with Crippen LogP contribution in [0, 0.1) is 0 Å². The molecule has 2 heterocycles. The third kappa shape index (κ3) is 1.76. The minimum atomic E-state index is 0.281. The van der Waals surface area contributed by atoms with E-state index in [0.29, 0.717) is 5.92 Å². The Morgan fingerprint density at radius 2 is 2.12 bits per heavy atom. The molecule has 0 saturated carbocycles. The molecule has 0 amide bonds. The number of hydrogen-bond donors (Lipinski definition) is 0. The van der Waals surface area contributed by atoms with Crippen molar-refractivity contribution in [1.82, 2.24) is 4.90 Å². The fraction of sp³-hybridized carbons (Fsp3) is 0.357. The molecule has 88 valence electrons. The van der Waals surface area contributed by atoms with Crippen LogP contribution in [0.25, 0.3) is 10.8 Å². The van der Waals surface area contributed by atoms with Gasteiger partial charge in [-0.25, -0.2) is 0 Å². The lowest BCUT2D eigenvalue weighted by atomic mass is 10.0. The van der Waals surface area contributed by atoms with Gasteiger partial charge in [-0.15, -0.1) is 0 Å². The quantitative estimate of drug-likeness (QED) is 0.790. The number of benzene rings is 1. The van der Waals surface area contributed by atoms with E-state index in [0.717, 1.165) is 12.2 Å². The van der Waals surface area contributed by atoms with Crippen molar-refractivity contribution in [3.63, 3.8) is 0 Å². The molecule has 17 heavy (non-hydrogen) atoms. The molecule has 0 N–H and O–H groups in total. The second-order valence-electron chi connectivity index (χ2n) is 4.77. The summed E-state index contributed by atoms with van der Waals surface area (Å²) in [6.07, 6.45) is 5.14. The van der Waals surface area contributed by atoms with E-state index in [9.17, 15) is 0 Å². The first kappa shape index (κ1) is 10.5. The van der Waals surface area contributed by atoms with Gasteiger partial charge in [0.25, 0.3) is 0 Å². The van der Waals surface area contributed by atoms with E-state index in [-0.39, 0.29) is 6.17 Å². The fourth-order valence-corrected chi connectivity index (χ4v) is 2.37. The van der Waals surface area contributed by atoms with Crippen molar-refractivity contribution in [2.75, 3.05) is 14.1 Å². The van der Waals surface area contributed by atoms with Crippen LogP contribution in [0.2, 0.25) is 0 Å². The average molecular weight is 228 g/mol. The molecule has 2 atom stereocenters. The van der Waals surface area contributed by atoms with Gasteiger partial charge in [0, 0.05) is 17.0 Å². The van der Waals surface area contributed by atoms with Gasteiger partial charge >= 0.3 is 0 Å². The highest BCUT2D eigenvalue weighted by Gasteiger charge is 2.26. The van der Waals surface area contributed by atoms with Gasteiger partial charge in [0.15, 0.2) is 0 Å². The van der Waals surface area contributed by atoms with Crippen LogP contribution in [0.1, 0.15) is 18.1 Å². The predicted octanol–water partition coefficient (Wildman–Crippen LogP) is 2.88. The summed E-state index contributed by atoms with van der Waals surface area (Å²) in [7, 11) is 4.12. The van der Waals surface area contributed by atoms with Crippen molar-refractivity contribution in [1.29, 1.82) is 0 Å². The number of nitrogens with zero attached hydrogens (tertiary/aromatic N) is 2. The van der Waals surface area contributed by atoms with E-state index < -0.39 is 0 Å². The van der Waals surface area contributed by atoms with E-state index in [4.69, 9.17) is 4.42 Å². The van der Waals surface area contributed by atoms with Crippen LogP contribution >= 0.6 is 0 Å². The number of rotatable bonds is 2. The number of hydrogen-bond acceptors (Lipinski definition) is 3. The predicted molar refractivity (Wildman–Crippen MR) is 69.5 cm³/mol. The van der Waals surface area contributed by atoms with Crippen LogP contribution in [0.15, 0.2) is 39.9 Å². The zero-order valence-corrected chi connectivity index (χ0v) is 10.1. The van der Waals surface area contributed by atoms with E-state index in [2.05, 4.69) is 42.2 Å². The van der Waals surface area contributed by atoms with Crippen molar-refractivity contribution in [2.45, 2.75) is 18.5 Å². The van der Waals surface area contributed by atoms with E-state index in [1.165, 1.54) is 10.8 Å².